The van der Waals surface area contributed by atoms with Gasteiger partial charge in [-0.05, 0) is 42.7 Å². The Morgan fingerprint density at radius 3 is 2.76 bits per heavy atom. The molecule has 1 fully saturated rings. The quantitative estimate of drug-likeness (QED) is 0.841. The van der Waals surface area contributed by atoms with Crippen molar-refractivity contribution < 1.29 is 0 Å². The SMILES string of the molecule is CC1CCC(C#N)(NC2CC2)c2ccccc21. The lowest BCUT2D eigenvalue weighted by atomic mass is 9.73. The van der Waals surface area contributed by atoms with Gasteiger partial charge in [-0.2, -0.15) is 5.26 Å². The number of nitrogens with zero attached hydrogens (tertiary/aromatic N) is 1. The molecule has 0 amide bonds. The van der Waals surface area contributed by atoms with Gasteiger partial charge in [0.2, 0.25) is 0 Å². The number of fused-ring (bicyclic) bond motifs is 1. The highest BCUT2D eigenvalue weighted by Crippen LogP contribution is 2.42. The molecule has 3 rings (SSSR count). The summed E-state index contributed by atoms with van der Waals surface area (Å²) in [5.74, 6) is 0.577. The van der Waals surface area contributed by atoms with Crippen LogP contribution in [0.5, 0.6) is 0 Å². The monoisotopic (exact) mass is 226 g/mol. The number of hydrogen-bond acceptors (Lipinski definition) is 2. The molecule has 0 radical (unpaired) electrons. The summed E-state index contributed by atoms with van der Waals surface area (Å²) in [4.78, 5) is 0. The van der Waals surface area contributed by atoms with E-state index in [-0.39, 0.29) is 0 Å². The first-order chi connectivity index (χ1) is 8.25. The maximum Gasteiger partial charge on any atom is 0.132 e. The minimum Gasteiger partial charge on any atom is -0.293 e. The molecule has 1 aromatic carbocycles. The molecule has 1 N–H and O–H groups in total. The molecule has 0 saturated heterocycles. The van der Waals surface area contributed by atoms with Gasteiger partial charge in [0.05, 0.1) is 6.07 Å². The fraction of sp³-hybridized carbons (Fsp3) is 0.533. The normalized spacial score (nSPS) is 31.6. The van der Waals surface area contributed by atoms with Gasteiger partial charge >= 0.3 is 0 Å². The van der Waals surface area contributed by atoms with E-state index >= 15 is 0 Å². The molecule has 2 nitrogen and oxygen atoms in total. The van der Waals surface area contributed by atoms with Crippen molar-refractivity contribution in [1.82, 2.24) is 5.32 Å². The third kappa shape index (κ3) is 1.75. The third-order valence-electron chi connectivity index (χ3n) is 4.12. The molecule has 0 aliphatic heterocycles. The predicted molar refractivity (Wildman–Crippen MR) is 67.5 cm³/mol. The van der Waals surface area contributed by atoms with Gasteiger partial charge in [0.15, 0.2) is 0 Å². The van der Waals surface area contributed by atoms with E-state index in [1.807, 2.05) is 0 Å². The molecule has 2 unspecified atom stereocenters. The summed E-state index contributed by atoms with van der Waals surface area (Å²) in [6, 6.07) is 11.6. The highest BCUT2D eigenvalue weighted by Gasteiger charge is 2.42. The molecule has 1 saturated carbocycles. The summed E-state index contributed by atoms with van der Waals surface area (Å²) < 4.78 is 0. The van der Waals surface area contributed by atoms with Crippen LogP contribution in [-0.4, -0.2) is 6.04 Å². The van der Waals surface area contributed by atoms with Gasteiger partial charge in [0, 0.05) is 6.04 Å². The Morgan fingerprint density at radius 1 is 1.29 bits per heavy atom. The molecule has 2 heteroatoms. The van der Waals surface area contributed by atoms with Gasteiger partial charge in [-0.3, -0.25) is 5.32 Å². The Bertz CT molecular complexity index is 470. The second kappa shape index (κ2) is 3.85. The van der Waals surface area contributed by atoms with Crippen LogP contribution in [-0.2, 0) is 5.54 Å². The Balaban J connectivity index is 2.05. The standard InChI is InChI=1S/C15H18N2/c1-11-8-9-15(10-16,17-12-6-7-12)14-5-3-2-4-13(11)14/h2-5,11-12,17H,6-9H2,1H3. The van der Waals surface area contributed by atoms with Crippen LogP contribution >= 0.6 is 0 Å². The fourth-order valence-corrected chi connectivity index (χ4v) is 2.91. The summed E-state index contributed by atoms with van der Waals surface area (Å²) in [5, 5.41) is 13.2. The Kier molecular flexibility index (Phi) is 2.45. The van der Waals surface area contributed by atoms with Crippen LogP contribution in [0.2, 0.25) is 0 Å². The van der Waals surface area contributed by atoms with E-state index < -0.39 is 5.54 Å². The maximum absolute atomic E-state index is 9.64. The first-order valence-corrected chi connectivity index (χ1v) is 6.53. The molecule has 0 bridgehead atoms. The van der Waals surface area contributed by atoms with E-state index in [9.17, 15) is 5.26 Å². The van der Waals surface area contributed by atoms with Crippen molar-refractivity contribution in [1.29, 1.82) is 5.26 Å². The first kappa shape index (κ1) is 10.8. The van der Waals surface area contributed by atoms with Gasteiger partial charge in [-0.25, -0.2) is 0 Å². The van der Waals surface area contributed by atoms with Crippen LogP contribution in [0, 0.1) is 11.3 Å². The van der Waals surface area contributed by atoms with E-state index in [4.69, 9.17) is 0 Å². The van der Waals surface area contributed by atoms with E-state index in [0.717, 1.165) is 12.8 Å². The molecule has 17 heavy (non-hydrogen) atoms. The molecular formula is C15H18N2. The average molecular weight is 226 g/mol. The van der Waals surface area contributed by atoms with Crippen molar-refractivity contribution >= 4 is 0 Å². The van der Waals surface area contributed by atoms with Crippen LogP contribution in [0.4, 0.5) is 0 Å². The molecule has 0 heterocycles. The molecule has 0 spiro atoms. The van der Waals surface area contributed by atoms with Crippen molar-refractivity contribution in [2.24, 2.45) is 0 Å². The lowest BCUT2D eigenvalue weighted by Gasteiger charge is -2.37. The summed E-state index contributed by atoms with van der Waals surface area (Å²) in [6.45, 7) is 2.26. The maximum atomic E-state index is 9.64. The van der Waals surface area contributed by atoms with Crippen LogP contribution in [0.25, 0.3) is 0 Å². The third-order valence-corrected chi connectivity index (χ3v) is 4.12. The molecule has 0 aromatic heterocycles. The largest absolute Gasteiger partial charge is 0.293 e. The first-order valence-electron chi connectivity index (χ1n) is 6.53. The molecule has 1 aromatic rings. The van der Waals surface area contributed by atoms with Gasteiger partial charge in [-0.1, -0.05) is 31.2 Å². The molecule has 2 atom stereocenters. The minimum absolute atomic E-state index is 0.426. The molecular weight excluding hydrogens is 208 g/mol. The van der Waals surface area contributed by atoms with Gasteiger partial charge in [0.25, 0.3) is 0 Å². The zero-order chi connectivity index (χ0) is 11.9. The predicted octanol–water partition coefficient (Wildman–Crippen LogP) is 3.05. The van der Waals surface area contributed by atoms with Gasteiger partial charge in [-0.15, -0.1) is 0 Å². The number of rotatable bonds is 2. The Morgan fingerprint density at radius 2 is 2.06 bits per heavy atom. The van der Waals surface area contributed by atoms with Crippen molar-refractivity contribution in [3.63, 3.8) is 0 Å². The van der Waals surface area contributed by atoms with Crippen molar-refractivity contribution in [3.8, 4) is 6.07 Å². The Hall–Kier alpha value is -1.33. The van der Waals surface area contributed by atoms with Crippen LogP contribution in [0.3, 0.4) is 0 Å². The van der Waals surface area contributed by atoms with E-state index in [2.05, 4.69) is 42.6 Å². The van der Waals surface area contributed by atoms with Crippen LogP contribution in [0.15, 0.2) is 24.3 Å². The van der Waals surface area contributed by atoms with Crippen LogP contribution < -0.4 is 5.32 Å². The fourth-order valence-electron chi connectivity index (χ4n) is 2.91. The van der Waals surface area contributed by atoms with Gasteiger partial charge < -0.3 is 0 Å². The zero-order valence-corrected chi connectivity index (χ0v) is 10.2. The van der Waals surface area contributed by atoms with E-state index in [1.54, 1.807) is 0 Å². The average Bonchev–Trinajstić information content (AvgIpc) is 3.17. The highest BCUT2D eigenvalue weighted by atomic mass is 15.0. The van der Waals surface area contributed by atoms with Crippen molar-refractivity contribution in [3.05, 3.63) is 35.4 Å². The van der Waals surface area contributed by atoms with Crippen molar-refractivity contribution in [2.75, 3.05) is 0 Å². The summed E-state index contributed by atoms with van der Waals surface area (Å²) in [6.07, 6.45) is 4.49. The van der Waals surface area contributed by atoms with E-state index in [0.29, 0.717) is 12.0 Å². The zero-order valence-electron chi connectivity index (χ0n) is 10.2. The lowest BCUT2D eigenvalue weighted by Crippen LogP contribution is -2.45. The number of benzene rings is 1. The van der Waals surface area contributed by atoms with E-state index in [1.165, 1.54) is 24.0 Å². The minimum atomic E-state index is -0.426. The highest BCUT2D eigenvalue weighted by molar-refractivity contribution is 5.43. The molecule has 2 aliphatic carbocycles. The Labute approximate surface area is 103 Å². The second-order valence-electron chi connectivity index (χ2n) is 5.46. The topological polar surface area (TPSA) is 35.8 Å². The number of nitrogens with one attached hydrogen (secondary N) is 1. The lowest BCUT2D eigenvalue weighted by molar-refractivity contribution is 0.345. The second-order valence-corrected chi connectivity index (χ2v) is 5.46. The number of nitriles is 1. The number of hydrogen-bond donors (Lipinski definition) is 1. The molecule has 88 valence electrons. The van der Waals surface area contributed by atoms with Crippen LogP contribution in [0.1, 0.15) is 49.7 Å². The molecule has 2 aliphatic rings. The summed E-state index contributed by atoms with van der Waals surface area (Å²) >= 11 is 0. The summed E-state index contributed by atoms with van der Waals surface area (Å²) in [7, 11) is 0. The smallest absolute Gasteiger partial charge is 0.132 e. The van der Waals surface area contributed by atoms with Crippen molar-refractivity contribution in [2.45, 2.75) is 50.1 Å². The summed E-state index contributed by atoms with van der Waals surface area (Å²) in [5.41, 5.74) is 2.14. The van der Waals surface area contributed by atoms with Gasteiger partial charge in [0.1, 0.15) is 5.54 Å².